The van der Waals surface area contributed by atoms with E-state index >= 15 is 0 Å². The quantitative estimate of drug-likeness (QED) is 0.732. The van der Waals surface area contributed by atoms with Crippen LogP contribution in [0.5, 0.6) is 5.75 Å². The van der Waals surface area contributed by atoms with Crippen LogP contribution in [0.4, 0.5) is 10.1 Å². The Balaban J connectivity index is 1.81. The number of carbonyl (C=O) groups is 2. The number of aryl methyl sites for hydroxylation is 1. The van der Waals surface area contributed by atoms with Gasteiger partial charge in [0.2, 0.25) is 0 Å². The lowest BCUT2D eigenvalue weighted by atomic mass is 10.2. The number of halogens is 1. The molecule has 2 amide bonds. The summed E-state index contributed by atoms with van der Waals surface area (Å²) in [6.45, 7) is 1.95. The zero-order valence-corrected chi connectivity index (χ0v) is 13.4. The first kappa shape index (κ1) is 17.3. The number of hydrogen-bond acceptors (Lipinski definition) is 4. The summed E-state index contributed by atoms with van der Waals surface area (Å²) in [6, 6.07) is 11.3. The van der Waals surface area contributed by atoms with E-state index in [1.807, 2.05) is 31.2 Å². The lowest BCUT2D eigenvalue weighted by Gasteiger charge is -2.10. The number of rotatable bonds is 5. The standard InChI is InChI=1S/C17H18FN3O3/c1-11-3-6-13(7-4-11)19-10-16(22)20-21-17(23)12-5-8-15(24-2)14(18)9-12/h3-9,19H,10H2,1-2H3,(H,20,22)(H,21,23). The summed E-state index contributed by atoms with van der Waals surface area (Å²) in [4.78, 5) is 23.6. The maximum Gasteiger partial charge on any atom is 0.269 e. The van der Waals surface area contributed by atoms with Crippen molar-refractivity contribution >= 4 is 17.5 Å². The summed E-state index contributed by atoms with van der Waals surface area (Å²) >= 11 is 0. The smallest absolute Gasteiger partial charge is 0.269 e. The average molecular weight is 331 g/mol. The summed E-state index contributed by atoms with van der Waals surface area (Å²) in [5, 5.41) is 2.92. The third kappa shape index (κ3) is 4.70. The number of anilines is 1. The normalized spacial score (nSPS) is 9.96. The fourth-order valence-electron chi connectivity index (χ4n) is 1.90. The Hall–Kier alpha value is -3.09. The number of benzene rings is 2. The Kier molecular flexibility index (Phi) is 5.73. The second-order valence-electron chi connectivity index (χ2n) is 5.07. The Morgan fingerprint density at radius 1 is 1.08 bits per heavy atom. The van der Waals surface area contributed by atoms with E-state index in [0.29, 0.717) is 0 Å². The number of hydrazine groups is 1. The van der Waals surface area contributed by atoms with Gasteiger partial charge in [0.15, 0.2) is 11.6 Å². The highest BCUT2D eigenvalue weighted by atomic mass is 19.1. The predicted molar refractivity (Wildman–Crippen MR) is 88.2 cm³/mol. The molecule has 2 aromatic rings. The van der Waals surface area contributed by atoms with Crippen LogP contribution in [0.15, 0.2) is 42.5 Å². The third-order valence-electron chi connectivity index (χ3n) is 3.23. The molecule has 126 valence electrons. The maximum atomic E-state index is 13.5. The molecule has 24 heavy (non-hydrogen) atoms. The summed E-state index contributed by atoms with van der Waals surface area (Å²) < 4.78 is 18.3. The van der Waals surface area contributed by atoms with E-state index in [1.54, 1.807) is 0 Å². The van der Waals surface area contributed by atoms with E-state index in [9.17, 15) is 14.0 Å². The first-order valence-electron chi connectivity index (χ1n) is 7.23. The van der Waals surface area contributed by atoms with Gasteiger partial charge in [-0.3, -0.25) is 20.4 Å². The lowest BCUT2D eigenvalue weighted by molar-refractivity contribution is -0.120. The maximum absolute atomic E-state index is 13.5. The first-order valence-corrected chi connectivity index (χ1v) is 7.23. The summed E-state index contributed by atoms with van der Waals surface area (Å²) in [6.07, 6.45) is 0. The second kappa shape index (κ2) is 7.96. The number of amides is 2. The molecule has 0 fully saturated rings. The molecule has 0 saturated heterocycles. The van der Waals surface area contributed by atoms with Gasteiger partial charge in [-0.2, -0.15) is 0 Å². The number of ether oxygens (including phenoxy) is 1. The molecular weight excluding hydrogens is 313 g/mol. The molecule has 6 nitrogen and oxygen atoms in total. The van der Waals surface area contributed by atoms with Gasteiger partial charge in [-0.15, -0.1) is 0 Å². The molecule has 2 rings (SSSR count). The molecule has 0 aliphatic rings. The van der Waals surface area contributed by atoms with Gasteiger partial charge < -0.3 is 10.1 Å². The SMILES string of the molecule is COc1ccc(C(=O)NNC(=O)CNc2ccc(C)cc2)cc1F. The van der Waals surface area contributed by atoms with Crippen LogP contribution < -0.4 is 20.9 Å². The minimum atomic E-state index is -0.655. The van der Waals surface area contributed by atoms with Crippen LogP contribution in [0.25, 0.3) is 0 Å². The van der Waals surface area contributed by atoms with Crippen LogP contribution in [0, 0.1) is 12.7 Å². The van der Waals surface area contributed by atoms with E-state index in [2.05, 4.69) is 16.2 Å². The largest absolute Gasteiger partial charge is 0.494 e. The van der Waals surface area contributed by atoms with Crippen molar-refractivity contribution in [2.45, 2.75) is 6.92 Å². The first-order chi connectivity index (χ1) is 11.5. The second-order valence-corrected chi connectivity index (χ2v) is 5.07. The molecule has 0 aliphatic carbocycles. The van der Waals surface area contributed by atoms with Crippen molar-refractivity contribution in [3.8, 4) is 5.75 Å². The molecule has 0 atom stereocenters. The number of hydrogen-bond donors (Lipinski definition) is 3. The van der Waals surface area contributed by atoms with Crippen LogP contribution in [-0.4, -0.2) is 25.5 Å². The minimum absolute atomic E-state index is 0.0136. The highest BCUT2D eigenvalue weighted by molar-refractivity contribution is 5.95. The molecule has 2 aromatic carbocycles. The Morgan fingerprint density at radius 3 is 2.42 bits per heavy atom. The molecule has 7 heteroatoms. The fraction of sp³-hybridized carbons (Fsp3) is 0.176. The molecule has 0 spiro atoms. The highest BCUT2D eigenvalue weighted by Crippen LogP contribution is 2.17. The van der Waals surface area contributed by atoms with Crippen LogP contribution in [-0.2, 0) is 4.79 Å². The van der Waals surface area contributed by atoms with Gasteiger partial charge in [0, 0.05) is 11.3 Å². The molecule has 3 N–H and O–H groups in total. The van der Waals surface area contributed by atoms with Crippen molar-refractivity contribution in [1.29, 1.82) is 0 Å². The van der Waals surface area contributed by atoms with Crippen molar-refractivity contribution < 1.29 is 18.7 Å². The van der Waals surface area contributed by atoms with Gasteiger partial charge in [0.1, 0.15) is 0 Å². The molecule has 0 unspecified atom stereocenters. The van der Waals surface area contributed by atoms with Crippen molar-refractivity contribution in [3.63, 3.8) is 0 Å². The highest BCUT2D eigenvalue weighted by Gasteiger charge is 2.11. The fourth-order valence-corrected chi connectivity index (χ4v) is 1.90. The number of carbonyl (C=O) groups excluding carboxylic acids is 2. The molecule has 0 heterocycles. The van der Waals surface area contributed by atoms with Crippen LogP contribution in [0.2, 0.25) is 0 Å². The Bertz CT molecular complexity index is 732. The topological polar surface area (TPSA) is 79.5 Å². The summed E-state index contributed by atoms with van der Waals surface area (Å²) in [5.74, 6) is -1.67. The van der Waals surface area contributed by atoms with Gasteiger partial charge in [0.05, 0.1) is 13.7 Å². The predicted octanol–water partition coefficient (Wildman–Crippen LogP) is 2.02. The van der Waals surface area contributed by atoms with Crippen LogP contribution in [0.3, 0.4) is 0 Å². The zero-order chi connectivity index (χ0) is 17.5. The lowest BCUT2D eigenvalue weighted by Crippen LogP contribution is -2.44. The number of methoxy groups -OCH3 is 1. The molecule has 0 radical (unpaired) electrons. The van der Waals surface area contributed by atoms with Crippen molar-refractivity contribution in [3.05, 3.63) is 59.4 Å². The Labute approximate surface area is 139 Å². The molecule has 0 bridgehead atoms. The number of nitrogens with one attached hydrogen (secondary N) is 3. The average Bonchev–Trinajstić information content (AvgIpc) is 2.59. The van der Waals surface area contributed by atoms with E-state index < -0.39 is 17.6 Å². The van der Waals surface area contributed by atoms with Gasteiger partial charge in [-0.1, -0.05) is 17.7 Å². The van der Waals surface area contributed by atoms with Crippen LogP contribution in [0.1, 0.15) is 15.9 Å². The van der Waals surface area contributed by atoms with Crippen molar-refractivity contribution in [2.75, 3.05) is 19.0 Å². The van der Waals surface area contributed by atoms with E-state index in [-0.39, 0.29) is 17.9 Å². The molecule has 0 aromatic heterocycles. The summed E-state index contributed by atoms with van der Waals surface area (Å²) in [7, 11) is 1.33. The monoisotopic (exact) mass is 331 g/mol. The molecule has 0 saturated carbocycles. The van der Waals surface area contributed by atoms with Gasteiger partial charge in [0.25, 0.3) is 11.8 Å². The zero-order valence-electron chi connectivity index (χ0n) is 13.4. The molecular formula is C17H18FN3O3. The van der Waals surface area contributed by atoms with Gasteiger partial charge in [-0.25, -0.2) is 4.39 Å². The third-order valence-corrected chi connectivity index (χ3v) is 3.23. The van der Waals surface area contributed by atoms with Crippen molar-refractivity contribution in [2.24, 2.45) is 0 Å². The Morgan fingerprint density at radius 2 is 1.79 bits per heavy atom. The van der Waals surface area contributed by atoms with Gasteiger partial charge in [-0.05, 0) is 37.3 Å². The van der Waals surface area contributed by atoms with Gasteiger partial charge >= 0.3 is 0 Å². The van der Waals surface area contributed by atoms with E-state index in [1.165, 1.54) is 19.2 Å². The van der Waals surface area contributed by atoms with Crippen LogP contribution >= 0.6 is 0 Å². The molecule has 0 aliphatic heterocycles. The van der Waals surface area contributed by atoms with E-state index in [4.69, 9.17) is 4.74 Å². The minimum Gasteiger partial charge on any atom is -0.494 e. The van der Waals surface area contributed by atoms with Crippen molar-refractivity contribution in [1.82, 2.24) is 10.9 Å². The van der Waals surface area contributed by atoms with E-state index in [0.717, 1.165) is 17.3 Å². The summed E-state index contributed by atoms with van der Waals surface area (Å²) in [5.41, 5.74) is 6.45.